The van der Waals surface area contributed by atoms with E-state index in [1.807, 2.05) is 6.92 Å². The predicted octanol–water partition coefficient (Wildman–Crippen LogP) is 0.985. The highest BCUT2D eigenvalue weighted by atomic mass is 16.5. The van der Waals surface area contributed by atoms with Gasteiger partial charge in [-0.2, -0.15) is 10.4 Å². The number of aryl methyl sites for hydroxylation is 2. The second-order valence-corrected chi connectivity index (χ2v) is 4.19. The van der Waals surface area contributed by atoms with Crippen molar-refractivity contribution in [3.8, 4) is 6.07 Å². The van der Waals surface area contributed by atoms with Crippen LogP contribution in [0, 0.1) is 11.3 Å². The number of hydrogen-bond donors (Lipinski definition) is 0. The second kappa shape index (κ2) is 7.54. The summed E-state index contributed by atoms with van der Waals surface area (Å²) < 4.78 is 6.59. The Hall–Kier alpha value is -1.87. The van der Waals surface area contributed by atoms with Gasteiger partial charge in [0.15, 0.2) is 0 Å². The number of ether oxygens (including phenoxy) is 1. The summed E-state index contributed by atoms with van der Waals surface area (Å²) in [7, 11) is 3.34. The number of carbonyl (C=O) groups excluding carboxylic acids is 1. The Morgan fingerprint density at radius 2 is 2.32 bits per heavy atom. The molecule has 6 nitrogen and oxygen atoms in total. The van der Waals surface area contributed by atoms with Gasteiger partial charge in [0.1, 0.15) is 5.69 Å². The molecule has 0 aliphatic heterocycles. The Labute approximate surface area is 113 Å². The lowest BCUT2D eigenvalue weighted by atomic mass is 10.2. The maximum Gasteiger partial charge on any atom is 0.272 e. The summed E-state index contributed by atoms with van der Waals surface area (Å²) in [5, 5.41) is 12.9. The molecule has 1 rings (SSSR count). The number of hydrogen-bond acceptors (Lipinski definition) is 4. The van der Waals surface area contributed by atoms with Gasteiger partial charge < -0.3 is 9.64 Å². The molecule has 1 aromatic rings. The van der Waals surface area contributed by atoms with Gasteiger partial charge in [-0.3, -0.25) is 9.48 Å². The Morgan fingerprint density at radius 3 is 2.84 bits per heavy atom. The maximum absolute atomic E-state index is 12.4. The van der Waals surface area contributed by atoms with E-state index < -0.39 is 0 Å². The fourth-order valence-electron chi connectivity index (χ4n) is 1.76. The highest BCUT2D eigenvalue weighted by Gasteiger charge is 2.19. The van der Waals surface area contributed by atoms with Crippen molar-refractivity contribution in [2.45, 2.75) is 19.8 Å². The predicted molar refractivity (Wildman–Crippen MR) is 70.6 cm³/mol. The SMILES string of the molecule is CCc1cc(C(=O)N(CCC#N)CCOC)n(C)n1. The Balaban J connectivity index is 2.84. The third kappa shape index (κ3) is 4.07. The fraction of sp³-hybridized carbons (Fsp3) is 0.615. The molecule has 6 heteroatoms. The molecular weight excluding hydrogens is 244 g/mol. The summed E-state index contributed by atoms with van der Waals surface area (Å²) >= 11 is 0. The molecule has 0 aliphatic carbocycles. The largest absolute Gasteiger partial charge is 0.383 e. The van der Waals surface area contributed by atoms with Gasteiger partial charge in [0.25, 0.3) is 5.91 Å². The van der Waals surface area contributed by atoms with Gasteiger partial charge in [-0.05, 0) is 12.5 Å². The molecule has 0 N–H and O–H groups in total. The first-order chi connectivity index (χ1) is 9.13. The third-order valence-electron chi connectivity index (χ3n) is 2.86. The van der Waals surface area contributed by atoms with Crippen molar-refractivity contribution in [1.82, 2.24) is 14.7 Å². The molecule has 0 bridgehead atoms. The lowest BCUT2D eigenvalue weighted by Gasteiger charge is -2.21. The smallest absolute Gasteiger partial charge is 0.272 e. The zero-order valence-corrected chi connectivity index (χ0v) is 11.7. The van der Waals surface area contributed by atoms with Crippen LogP contribution in [-0.4, -0.2) is 47.4 Å². The molecule has 104 valence electrons. The van der Waals surface area contributed by atoms with Gasteiger partial charge in [0.05, 0.1) is 24.8 Å². The Morgan fingerprint density at radius 1 is 1.58 bits per heavy atom. The zero-order valence-electron chi connectivity index (χ0n) is 11.7. The number of aromatic nitrogens is 2. The van der Waals surface area contributed by atoms with E-state index in [2.05, 4.69) is 11.2 Å². The van der Waals surface area contributed by atoms with Gasteiger partial charge in [0, 0.05) is 27.2 Å². The molecule has 1 aromatic heterocycles. The summed E-state index contributed by atoms with van der Waals surface area (Å²) in [6.07, 6.45) is 1.10. The monoisotopic (exact) mass is 264 g/mol. The van der Waals surface area contributed by atoms with E-state index in [1.54, 1.807) is 29.8 Å². The normalized spacial score (nSPS) is 10.2. The topological polar surface area (TPSA) is 71.2 Å². The van der Waals surface area contributed by atoms with Gasteiger partial charge in [-0.25, -0.2) is 0 Å². The van der Waals surface area contributed by atoms with Crippen LogP contribution in [0.5, 0.6) is 0 Å². The molecule has 0 saturated heterocycles. The summed E-state index contributed by atoms with van der Waals surface area (Å²) in [4.78, 5) is 14.0. The van der Waals surface area contributed by atoms with Crippen LogP contribution in [0.25, 0.3) is 0 Å². The summed E-state index contributed by atoms with van der Waals surface area (Å²) in [6, 6.07) is 3.85. The second-order valence-electron chi connectivity index (χ2n) is 4.19. The number of rotatable bonds is 7. The number of nitrogens with zero attached hydrogens (tertiary/aromatic N) is 4. The number of carbonyl (C=O) groups is 1. The van der Waals surface area contributed by atoms with Crippen LogP contribution >= 0.6 is 0 Å². The Bertz CT molecular complexity index is 462. The third-order valence-corrected chi connectivity index (χ3v) is 2.86. The first-order valence-corrected chi connectivity index (χ1v) is 6.32. The van der Waals surface area contributed by atoms with Crippen molar-refractivity contribution in [1.29, 1.82) is 5.26 Å². The molecule has 0 saturated carbocycles. The summed E-state index contributed by atoms with van der Waals surface area (Å²) in [6.45, 7) is 3.33. The van der Waals surface area contributed by atoms with Gasteiger partial charge in [-0.1, -0.05) is 6.92 Å². The summed E-state index contributed by atoms with van der Waals surface area (Å²) in [5.41, 5.74) is 1.43. The van der Waals surface area contributed by atoms with Crippen molar-refractivity contribution in [3.05, 3.63) is 17.5 Å². The molecule has 0 fully saturated rings. The highest BCUT2D eigenvalue weighted by molar-refractivity contribution is 5.92. The molecule has 0 aromatic carbocycles. The molecule has 0 aliphatic rings. The van der Waals surface area contributed by atoms with Gasteiger partial charge in [-0.15, -0.1) is 0 Å². The molecule has 0 radical (unpaired) electrons. The maximum atomic E-state index is 12.4. The summed E-state index contributed by atoms with van der Waals surface area (Å²) in [5.74, 6) is -0.109. The number of nitriles is 1. The van der Waals surface area contributed by atoms with E-state index in [0.29, 0.717) is 31.8 Å². The average Bonchev–Trinajstić information content (AvgIpc) is 2.79. The van der Waals surface area contributed by atoms with E-state index in [9.17, 15) is 4.79 Å². The van der Waals surface area contributed by atoms with E-state index >= 15 is 0 Å². The molecule has 1 amide bonds. The highest BCUT2D eigenvalue weighted by Crippen LogP contribution is 2.08. The average molecular weight is 264 g/mol. The minimum atomic E-state index is -0.109. The van der Waals surface area contributed by atoms with Crippen molar-refractivity contribution in [2.75, 3.05) is 26.8 Å². The quantitative estimate of drug-likeness (QED) is 0.736. The van der Waals surface area contributed by atoms with Crippen LogP contribution in [0.2, 0.25) is 0 Å². The van der Waals surface area contributed by atoms with Crippen LogP contribution in [0.4, 0.5) is 0 Å². The number of methoxy groups -OCH3 is 1. The zero-order chi connectivity index (χ0) is 14.3. The standard InChI is InChI=1S/C13H20N4O2/c1-4-11-10-12(16(2)15-11)13(18)17(7-5-6-14)8-9-19-3/h10H,4-5,7-9H2,1-3H3. The minimum absolute atomic E-state index is 0.109. The molecule has 0 unspecified atom stereocenters. The molecular formula is C13H20N4O2. The van der Waals surface area contributed by atoms with Crippen molar-refractivity contribution in [3.63, 3.8) is 0 Å². The molecule has 0 atom stereocenters. The van der Waals surface area contributed by atoms with Crippen LogP contribution in [0.3, 0.4) is 0 Å². The first kappa shape index (κ1) is 15.2. The Kier molecular flexibility index (Phi) is 6.03. The lowest BCUT2D eigenvalue weighted by molar-refractivity contribution is 0.0689. The van der Waals surface area contributed by atoms with E-state index in [-0.39, 0.29) is 5.91 Å². The first-order valence-electron chi connectivity index (χ1n) is 6.32. The lowest BCUT2D eigenvalue weighted by Crippen LogP contribution is -2.35. The fourth-order valence-corrected chi connectivity index (χ4v) is 1.76. The van der Waals surface area contributed by atoms with Gasteiger partial charge >= 0.3 is 0 Å². The van der Waals surface area contributed by atoms with Gasteiger partial charge in [0.2, 0.25) is 0 Å². The molecule has 19 heavy (non-hydrogen) atoms. The molecule has 1 heterocycles. The molecule has 0 spiro atoms. The van der Waals surface area contributed by atoms with Crippen LogP contribution in [0.1, 0.15) is 29.5 Å². The van der Waals surface area contributed by atoms with Crippen LogP contribution < -0.4 is 0 Å². The van der Waals surface area contributed by atoms with Crippen molar-refractivity contribution in [2.24, 2.45) is 7.05 Å². The number of amides is 1. The van der Waals surface area contributed by atoms with E-state index in [4.69, 9.17) is 10.00 Å². The van der Waals surface area contributed by atoms with E-state index in [0.717, 1.165) is 12.1 Å². The van der Waals surface area contributed by atoms with Crippen molar-refractivity contribution < 1.29 is 9.53 Å². The van der Waals surface area contributed by atoms with Crippen LogP contribution in [0.15, 0.2) is 6.07 Å². The van der Waals surface area contributed by atoms with E-state index in [1.165, 1.54) is 0 Å². The minimum Gasteiger partial charge on any atom is -0.383 e. The van der Waals surface area contributed by atoms with Crippen molar-refractivity contribution >= 4 is 5.91 Å². The van der Waals surface area contributed by atoms with Crippen LogP contribution in [-0.2, 0) is 18.2 Å².